The Balaban J connectivity index is 1.38. The average Bonchev–Trinajstić information content (AvgIpc) is 3.31. The number of carbonyl (C=O) groups excluding carboxylic acids is 1. The van der Waals surface area contributed by atoms with Gasteiger partial charge in [-0.1, -0.05) is 6.07 Å². The van der Waals surface area contributed by atoms with E-state index in [1.807, 2.05) is 30.0 Å². The molecule has 0 bridgehead atoms. The maximum Gasteiger partial charge on any atom is 0.343 e. The van der Waals surface area contributed by atoms with Crippen molar-refractivity contribution in [2.45, 2.75) is 45.1 Å². The Labute approximate surface area is 157 Å². The van der Waals surface area contributed by atoms with Gasteiger partial charge >= 0.3 is 5.69 Å². The molecule has 1 aromatic carbocycles. The highest BCUT2D eigenvalue weighted by molar-refractivity contribution is 5.76. The van der Waals surface area contributed by atoms with E-state index in [1.54, 1.807) is 4.57 Å². The van der Waals surface area contributed by atoms with Gasteiger partial charge in [-0.3, -0.25) is 9.36 Å². The van der Waals surface area contributed by atoms with E-state index >= 15 is 0 Å². The van der Waals surface area contributed by atoms with E-state index in [-0.39, 0.29) is 24.3 Å². The minimum absolute atomic E-state index is 0.104. The monoisotopic (exact) mass is 372 g/mol. The molecular formula is C19H24N4O4. The lowest BCUT2D eigenvalue weighted by Gasteiger charge is -2.32. The average molecular weight is 372 g/mol. The molecule has 8 heteroatoms. The predicted molar refractivity (Wildman–Crippen MR) is 98.0 cm³/mol. The number of rotatable bonds is 5. The molecule has 1 N–H and O–H groups in total. The van der Waals surface area contributed by atoms with Crippen molar-refractivity contribution < 1.29 is 14.3 Å². The molecule has 0 radical (unpaired) electrons. The molecule has 3 heterocycles. The van der Waals surface area contributed by atoms with E-state index in [2.05, 4.69) is 10.2 Å². The molecule has 1 saturated heterocycles. The van der Waals surface area contributed by atoms with Crippen molar-refractivity contribution in [3.05, 3.63) is 40.1 Å². The van der Waals surface area contributed by atoms with Crippen LogP contribution in [0.5, 0.6) is 11.5 Å². The fourth-order valence-electron chi connectivity index (χ4n) is 3.87. The van der Waals surface area contributed by atoms with Gasteiger partial charge in [0.05, 0.1) is 0 Å². The van der Waals surface area contributed by atoms with Gasteiger partial charge in [-0.2, -0.15) is 5.10 Å². The lowest BCUT2D eigenvalue weighted by Crippen LogP contribution is -2.40. The van der Waals surface area contributed by atoms with Gasteiger partial charge in [-0.15, -0.1) is 0 Å². The number of piperidine rings is 1. The van der Waals surface area contributed by atoms with Gasteiger partial charge in [0.1, 0.15) is 5.82 Å². The van der Waals surface area contributed by atoms with Crippen molar-refractivity contribution >= 4 is 5.91 Å². The van der Waals surface area contributed by atoms with Crippen molar-refractivity contribution in [1.29, 1.82) is 0 Å². The summed E-state index contributed by atoms with van der Waals surface area (Å²) in [4.78, 5) is 26.4. The maximum atomic E-state index is 12.7. The summed E-state index contributed by atoms with van der Waals surface area (Å²) >= 11 is 0. The standard InChI is InChI=1S/C19H24N4O4/c1-2-23-18(20-21-19(23)25)14-4-3-9-22(11-14)17(24)8-6-13-5-7-15-16(10-13)27-12-26-15/h5,7,10,14H,2-4,6,8-9,11-12H2,1H3,(H,21,25). The van der Waals surface area contributed by atoms with Crippen molar-refractivity contribution in [1.82, 2.24) is 19.7 Å². The van der Waals surface area contributed by atoms with Gasteiger partial charge in [0.15, 0.2) is 11.5 Å². The number of nitrogens with zero attached hydrogens (tertiary/aromatic N) is 3. The zero-order valence-electron chi connectivity index (χ0n) is 15.4. The lowest BCUT2D eigenvalue weighted by atomic mass is 9.96. The molecular weight excluding hydrogens is 348 g/mol. The highest BCUT2D eigenvalue weighted by Crippen LogP contribution is 2.33. The third kappa shape index (κ3) is 3.56. The summed E-state index contributed by atoms with van der Waals surface area (Å²) in [6.07, 6.45) is 2.98. The van der Waals surface area contributed by atoms with Gasteiger partial charge in [0, 0.05) is 32.0 Å². The third-order valence-electron chi connectivity index (χ3n) is 5.31. The second kappa shape index (κ2) is 7.46. The van der Waals surface area contributed by atoms with E-state index in [1.165, 1.54) is 0 Å². The van der Waals surface area contributed by atoms with Crippen LogP contribution >= 0.6 is 0 Å². The van der Waals surface area contributed by atoms with Crippen LogP contribution in [0.1, 0.15) is 43.5 Å². The van der Waals surface area contributed by atoms with Crippen LogP contribution in [0.15, 0.2) is 23.0 Å². The predicted octanol–water partition coefficient (Wildman–Crippen LogP) is 1.66. The van der Waals surface area contributed by atoms with Crippen LogP contribution in [0.2, 0.25) is 0 Å². The molecule has 1 unspecified atom stereocenters. The Morgan fingerprint density at radius 1 is 1.33 bits per heavy atom. The Morgan fingerprint density at radius 2 is 2.19 bits per heavy atom. The molecule has 4 rings (SSSR count). The molecule has 1 aromatic heterocycles. The van der Waals surface area contributed by atoms with E-state index in [0.717, 1.165) is 42.3 Å². The summed E-state index contributed by atoms with van der Waals surface area (Å²) < 4.78 is 12.4. The maximum absolute atomic E-state index is 12.7. The van der Waals surface area contributed by atoms with Crippen molar-refractivity contribution in [2.24, 2.45) is 0 Å². The molecule has 1 fully saturated rings. The van der Waals surface area contributed by atoms with Gasteiger partial charge in [-0.05, 0) is 43.9 Å². The second-order valence-electron chi connectivity index (χ2n) is 7.00. The molecule has 0 aliphatic carbocycles. The summed E-state index contributed by atoms with van der Waals surface area (Å²) in [6, 6.07) is 5.81. The number of aromatic nitrogens is 3. The van der Waals surface area contributed by atoms with Crippen LogP contribution in [-0.2, 0) is 17.8 Å². The van der Waals surface area contributed by atoms with Crippen molar-refractivity contribution in [3.63, 3.8) is 0 Å². The number of fused-ring (bicyclic) bond motifs is 1. The van der Waals surface area contributed by atoms with E-state index in [0.29, 0.717) is 25.9 Å². The lowest BCUT2D eigenvalue weighted by molar-refractivity contribution is -0.132. The molecule has 27 heavy (non-hydrogen) atoms. The van der Waals surface area contributed by atoms with Gasteiger partial charge < -0.3 is 14.4 Å². The van der Waals surface area contributed by atoms with Crippen LogP contribution in [0, 0.1) is 0 Å². The Hall–Kier alpha value is -2.77. The highest BCUT2D eigenvalue weighted by atomic mass is 16.7. The molecule has 2 aromatic rings. The number of H-pyrrole nitrogens is 1. The minimum Gasteiger partial charge on any atom is -0.454 e. The Kier molecular flexibility index (Phi) is 4.87. The van der Waals surface area contributed by atoms with Gasteiger partial charge in [0.2, 0.25) is 12.7 Å². The number of benzene rings is 1. The number of nitrogens with one attached hydrogen (secondary N) is 1. The number of likely N-dealkylation sites (tertiary alicyclic amines) is 1. The number of ether oxygens (including phenoxy) is 2. The summed E-state index contributed by atoms with van der Waals surface area (Å²) in [5, 5.41) is 6.72. The molecule has 0 spiro atoms. The highest BCUT2D eigenvalue weighted by Gasteiger charge is 2.28. The third-order valence-corrected chi connectivity index (χ3v) is 5.31. The number of aromatic amines is 1. The number of hydrogen-bond acceptors (Lipinski definition) is 5. The van der Waals surface area contributed by atoms with Crippen LogP contribution < -0.4 is 15.2 Å². The van der Waals surface area contributed by atoms with E-state index < -0.39 is 0 Å². The summed E-state index contributed by atoms with van der Waals surface area (Å²) in [5.41, 5.74) is 0.882. The first-order chi connectivity index (χ1) is 13.2. The molecule has 144 valence electrons. The van der Waals surface area contributed by atoms with Crippen LogP contribution in [0.25, 0.3) is 0 Å². The van der Waals surface area contributed by atoms with E-state index in [9.17, 15) is 9.59 Å². The molecule has 0 saturated carbocycles. The zero-order valence-corrected chi connectivity index (χ0v) is 15.4. The molecule has 2 aliphatic heterocycles. The van der Waals surface area contributed by atoms with Crippen LogP contribution in [0.4, 0.5) is 0 Å². The van der Waals surface area contributed by atoms with Crippen LogP contribution in [-0.4, -0.2) is 45.5 Å². The molecule has 1 amide bonds. The number of hydrogen-bond donors (Lipinski definition) is 1. The zero-order chi connectivity index (χ0) is 18.8. The first-order valence-electron chi connectivity index (χ1n) is 9.47. The topological polar surface area (TPSA) is 89.4 Å². The smallest absolute Gasteiger partial charge is 0.343 e. The number of carbonyl (C=O) groups is 1. The molecule has 8 nitrogen and oxygen atoms in total. The quantitative estimate of drug-likeness (QED) is 0.862. The largest absolute Gasteiger partial charge is 0.454 e. The van der Waals surface area contributed by atoms with Crippen molar-refractivity contribution in [2.75, 3.05) is 19.9 Å². The molecule has 1 atom stereocenters. The second-order valence-corrected chi connectivity index (χ2v) is 7.00. The summed E-state index contributed by atoms with van der Waals surface area (Å²) in [5.74, 6) is 2.50. The first kappa shape index (κ1) is 17.6. The van der Waals surface area contributed by atoms with Gasteiger partial charge in [-0.25, -0.2) is 9.89 Å². The summed E-state index contributed by atoms with van der Waals surface area (Å²) in [7, 11) is 0. The number of aryl methyl sites for hydroxylation is 1. The fourth-order valence-corrected chi connectivity index (χ4v) is 3.87. The summed E-state index contributed by atoms with van der Waals surface area (Å²) in [6.45, 7) is 4.14. The number of amides is 1. The fraction of sp³-hybridized carbons (Fsp3) is 0.526. The van der Waals surface area contributed by atoms with Crippen LogP contribution in [0.3, 0.4) is 0 Å². The minimum atomic E-state index is -0.182. The van der Waals surface area contributed by atoms with E-state index in [4.69, 9.17) is 9.47 Å². The SMILES string of the molecule is CCn1c(C2CCCN(C(=O)CCc3ccc4c(c3)OCO4)C2)n[nH]c1=O. The first-order valence-corrected chi connectivity index (χ1v) is 9.47. The molecule has 2 aliphatic rings. The van der Waals surface area contributed by atoms with Gasteiger partial charge in [0.25, 0.3) is 0 Å². The normalized spacial score (nSPS) is 18.7. The Morgan fingerprint density at radius 3 is 3.04 bits per heavy atom. The van der Waals surface area contributed by atoms with Crippen molar-refractivity contribution in [3.8, 4) is 11.5 Å². The Bertz CT molecular complexity index is 888.